The number of carbonyl (C=O) groups is 1. The van der Waals surface area contributed by atoms with Crippen LogP contribution in [0.1, 0.15) is 25.8 Å². The fourth-order valence-corrected chi connectivity index (χ4v) is 4.15. The van der Waals surface area contributed by atoms with Crippen LogP contribution in [0, 0.1) is 30.1 Å². The summed E-state index contributed by atoms with van der Waals surface area (Å²) in [5.74, 6) is 3.53. The summed E-state index contributed by atoms with van der Waals surface area (Å²) >= 11 is 0. The maximum atomic E-state index is 13.1. The molecule has 1 saturated heterocycles. The summed E-state index contributed by atoms with van der Waals surface area (Å²) in [6.07, 6.45) is 11.4. The zero-order chi connectivity index (χ0) is 17.8. The van der Waals surface area contributed by atoms with Gasteiger partial charge in [-0.25, -0.2) is 0 Å². The first-order valence-corrected chi connectivity index (χ1v) is 9.19. The van der Waals surface area contributed by atoms with Crippen LogP contribution in [0.5, 0.6) is 0 Å². The van der Waals surface area contributed by atoms with Gasteiger partial charge < -0.3 is 9.64 Å². The standard InChI is InChI=1S/C22H27NO2/c1-4-14-25-20-13-12-18-19(11-10-17-8-6-5-7-9-17)22(24)23(21(18)20)15-16(2)3/h1,5-9,12-13,16,18-21H,10-11,14-15H2,2-3H3/t18-,19?,20+,21+/m0/s1. The highest BCUT2D eigenvalue weighted by Gasteiger charge is 2.51. The molecule has 3 nitrogen and oxygen atoms in total. The van der Waals surface area contributed by atoms with E-state index in [0.717, 1.165) is 19.4 Å². The van der Waals surface area contributed by atoms with Gasteiger partial charge in [-0.3, -0.25) is 4.79 Å². The number of hydrogen-bond donors (Lipinski definition) is 0. The highest BCUT2D eigenvalue weighted by Crippen LogP contribution is 2.41. The molecule has 1 amide bonds. The minimum atomic E-state index is -0.0783. The lowest BCUT2D eigenvalue weighted by Gasteiger charge is -2.30. The summed E-state index contributed by atoms with van der Waals surface area (Å²) in [4.78, 5) is 15.1. The molecule has 1 fully saturated rings. The number of benzene rings is 1. The van der Waals surface area contributed by atoms with Crippen LogP contribution in [-0.2, 0) is 16.0 Å². The Hall–Kier alpha value is -2.05. The number of aryl methyl sites for hydroxylation is 1. The van der Waals surface area contributed by atoms with E-state index >= 15 is 0 Å². The van der Waals surface area contributed by atoms with Crippen molar-refractivity contribution in [2.24, 2.45) is 17.8 Å². The molecule has 1 heterocycles. The van der Waals surface area contributed by atoms with Crippen molar-refractivity contribution in [1.82, 2.24) is 4.90 Å². The first kappa shape index (κ1) is 17.8. The molecule has 1 aromatic rings. The summed E-state index contributed by atoms with van der Waals surface area (Å²) in [7, 11) is 0. The molecule has 1 unspecified atom stereocenters. The minimum absolute atomic E-state index is 0.0413. The molecule has 25 heavy (non-hydrogen) atoms. The maximum absolute atomic E-state index is 13.1. The predicted molar refractivity (Wildman–Crippen MR) is 99.8 cm³/mol. The summed E-state index contributed by atoms with van der Waals surface area (Å²) in [6.45, 7) is 5.37. The van der Waals surface area contributed by atoms with Crippen molar-refractivity contribution in [2.45, 2.75) is 38.8 Å². The van der Waals surface area contributed by atoms with Crippen LogP contribution in [-0.4, -0.2) is 36.1 Å². The smallest absolute Gasteiger partial charge is 0.226 e. The Kier molecular flexibility index (Phi) is 5.60. The summed E-state index contributed by atoms with van der Waals surface area (Å²) in [5, 5.41) is 0. The molecule has 0 radical (unpaired) electrons. The fourth-order valence-electron chi connectivity index (χ4n) is 4.15. The van der Waals surface area contributed by atoms with E-state index in [1.54, 1.807) is 0 Å². The van der Waals surface area contributed by atoms with Gasteiger partial charge in [0.2, 0.25) is 5.91 Å². The van der Waals surface area contributed by atoms with E-state index in [-0.39, 0.29) is 36.5 Å². The van der Waals surface area contributed by atoms with Crippen LogP contribution in [0.3, 0.4) is 0 Å². The van der Waals surface area contributed by atoms with E-state index in [9.17, 15) is 4.79 Å². The van der Waals surface area contributed by atoms with Crippen LogP contribution in [0.2, 0.25) is 0 Å². The highest BCUT2D eigenvalue weighted by atomic mass is 16.5. The second kappa shape index (κ2) is 7.89. The Morgan fingerprint density at radius 1 is 1.24 bits per heavy atom. The summed E-state index contributed by atoms with van der Waals surface area (Å²) in [5.41, 5.74) is 1.29. The van der Waals surface area contributed by atoms with Crippen LogP contribution in [0.4, 0.5) is 0 Å². The second-order valence-corrected chi connectivity index (χ2v) is 7.45. The Bertz CT molecular complexity index is 658. The molecule has 0 spiro atoms. The Balaban J connectivity index is 1.74. The number of amides is 1. The third-order valence-electron chi connectivity index (χ3n) is 5.19. The van der Waals surface area contributed by atoms with Gasteiger partial charge >= 0.3 is 0 Å². The van der Waals surface area contributed by atoms with E-state index in [1.807, 2.05) is 11.0 Å². The van der Waals surface area contributed by atoms with Crippen molar-refractivity contribution in [3.8, 4) is 12.3 Å². The number of ether oxygens (including phenoxy) is 1. The Labute approximate surface area is 151 Å². The maximum Gasteiger partial charge on any atom is 0.226 e. The van der Waals surface area contributed by atoms with Gasteiger partial charge in [0.05, 0.1) is 12.1 Å². The van der Waals surface area contributed by atoms with Gasteiger partial charge in [0.15, 0.2) is 0 Å². The van der Waals surface area contributed by atoms with Crippen molar-refractivity contribution in [3.05, 3.63) is 48.0 Å². The van der Waals surface area contributed by atoms with Crippen molar-refractivity contribution in [3.63, 3.8) is 0 Å². The number of nitrogens with zero attached hydrogens (tertiary/aromatic N) is 1. The number of terminal acetylenes is 1. The summed E-state index contributed by atoms with van der Waals surface area (Å²) in [6, 6.07) is 10.5. The lowest BCUT2D eigenvalue weighted by molar-refractivity contribution is -0.134. The number of rotatable bonds is 7. The molecular formula is C22H27NO2. The summed E-state index contributed by atoms with van der Waals surface area (Å²) < 4.78 is 5.82. The monoisotopic (exact) mass is 337 g/mol. The molecule has 0 N–H and O–H groups in total. The van der Waals surface area contributed by atoms with Crippen LogP contribution < -0.4 is 0 Å². The molecule has 1 aliphatic carbocycles. The highest BCUT2D eigenvalue weighted by molar-refractivity contribution is 5.83. The van der Waals surface area contributed by atoms with Gasteiger partial charge in [-0.15, -0.1) is 6.42 Å². The minimum Gasteiger partial charge on any atom is -0.359 e. The molecule has 3 heteroatoms. The molecule has 0 bridgehead atoms. The largest absolute Gasteiger partial charge is 0.359 e. The van der Waals surface area contributed by atoms with Crippen molar-refractivity contribution < 1.29 is 9.53 Å². The van der Waals surface area contributed by atoms with Crippen molar-refractivity contribution in [1.29, 1.82) is 0 Å². The van der Waals surface area contributed by atoms with Gasteiger partial charge in [-0.05, 0) is 24.3 Å². The molecule has 1 aliphatic heterocycles. The zero-order valence-electron chi connectivity index (χ0n) is 15.1. The van der Waals surface area contributed by atoms with Gasteiger partial charge in [0, 0.05) is 18.4 Å². The number of likely N-dealkylation sites (tertiary alicyclic amines) is 1. The van der Waals surface area contributed by atoms with Gasteiger partial charge in [-0.2, -0.15) is 0 Å². The first-order valence-electron chi connectivity index (χ1n) is 9.19. The van der Waals surface area contributed by atoms with Crippen molar-refractivity contribution >= 4 is 5.91 Å². The topological polar surface area (TPSA) is 29.5 Å². The number of carbonyl (C=O) groups excluding carboxylic acids is 1. The van der Waals surface area contributed by atoms with Crippen LogP contribution in [0.25, 0.3) is 0 Å². The van der Waals surface area contributed by atoms with E-state index < -0.39 is 0 Å². The second-order valence-electron chi connectivity index (χ2n) is 7.45. The quantitative estimate of drug-likeness (QED) is 0.564. The molecule has 1 aromatic carbocycles. The van der Waals surface area contributed by atoms with E-state index in [4.69, 9.17) is 11.2 Å². The molecule has 0 aromatic heterocycles. The van der Waals surface area contributed by atoms with Crippen LogP contribution in [0.15, 0.2) is 42.5 Å². The van der Waals surface area contributed by atoms with Crippen LogP contribution >= 0.6 is 0 Å². The number of fused-ring (bicyclic) bond motifs is 1. The van der Waals surface area contributed by atoms with E-state index in [0.29, 0.717) is 5.92 Å². The number of hydrogen-bond acceptors (Lipinski definition) is 2. The van der Waals surface area contributed by atoms with E-state index in [2.05, 4.69) is 56.2 Å². The molecule has 2 aliphatic rings. The lowest BCUT2D eigenvalue weighted by Crippen LogP contribution is -2.43. The molecule has 132 valence electrons. The van der Waals surface area contributed by atoms with Gasteiger partial charge in [-0.1, -0.05) is 62.3 Å². The normalized spacial score (nSPS) is 27.8. The fraction of sp³-hybridized carbons (Fsp3) is 0.500. The third-order valence-corrected chi connectivity index (χ3v) is 5.19. The van der Waals surface area contributed by atoms with E-state index in [1.165, 1.54) is 5.56 Å². The Morgan fingerprint density at radius 3 is 2.68 bits per heavy atom. The first-order chi connectivity index (χ1) is 12.1. The SMILES string of the molecule is C#CCO[C@@H]1C=C[C@H]2C(CCc3ccccc3)C(=O)N(CC(C)C)[C@@H]12. The zero-order valence-corrected chi connectivity index (χ0v) is 15.1. The van der Waals surface area contributed by atoms with Gasteiger partial charge in [0.1, 0.15) is 6.61 Å². The Morgan fingerprint density at radius 2 is 2.00 bits per heavy atom. The molecule has 3 rings (SSSR count). The predicted octanol–water partition coefficient (Wildman–Crippen LogP) is 3.31. The van der Waals surface area contributed by atoms with Crippen molar-refractivity contribution in [2.75, 3.05) is 13.2 Å². The lowest BCUT2D eigenvalue weighted by atomic mass is 9.87. The average molecular weight is 337 g/mol. The average Bonchev–Trinajstić information content (AvgIpc) is 3.12. The van der Waals surface area contributed by atoms with Gasteiger partial charge in [0.25, 0.3) is 0 Å². The molecule has 0 saturated carbocycles. The third kappa shape index (κ3) is 3.80. The molecule has 4 atom stereocenters. The molecular weight excluding hydrogens is 310 g/mol.